The lowest BCUT2D eigenvalue weighted by atomic mass is 9.99. The zero-order valence-corrected chi connectivity index (χ0v) is 19.9. The van der Waals surface area contributed by atoms with E-state index < -0.39 is 0 Å². The Kier molecular flexibility index (Phi) is 8.12. The molecule has 3 heterocycles. The Morgan fingerprint density at radius 1 is 1.06 bits per heavy atom. The van der Waals surface area contributed by atoms with Crippen molar-refractivity contribution in [2.45, 2.75) is 29.3 Å². The second-order valence-corrected chi connectivity index (χ2v) is 10.0. The fourth-order valence-corrected chi connectivity index (χ4v) is 5.58. The number of ether oxygens (including phenoxy) is 1. The molecule has 0 bridgehead atoms. The molecule has 0 atom stereocenters. The monoisotopic (exact) mass is 468 g/mol. The SMILES string of the molecule is Cn1ccnc1SCC1CCN(C(=O)Oc2ccc(CCSc3ccncc3)cc2)CC1. The van der Waals surface area contributed by atoms with Crippen LogP contribution in [0.25, 0.3) is 0 Å². The van der Waals surface area contributed by atoms with Crippen LogP contribution in [0, 0.1) is 5.92 Å². The molecule has 1 fully saturated rings. The Labute approximate surface area is 197 Å². The summed E-state index contributed by atoms with van der Waals surface area (Å²) in [6.07, 6.45) is 10.1. The minimum atomic E-state index is -0.249. The summed E-state index contributed by atoms with van der Waals surface area (Å²) in [5, 5.41) is 1.05. The number of aromatic nitrogens is 3. The molecular formula is C24H28N4O2S2. The first kappa shape index (κ1) is 22.7. The van der Waals surface area contributed by atoms with Crippen molar-refractivity contribution in [3.63, 3.8) is 0 Å². The van der Waals surface area contributed by atoms with Crippen molar-refractivity contribution in [3.05, 3.63) is 66.7 Å². The van der Waals surface area contributed by atoms with Gasteiger partial charge in [-0.1, -0.05) is 23.9 Å². The number of carbonyl (C=O) groups is 1. The summed E-state index contributed by atoms with van der Waals surface area (Å²) >= 11 is 3.60. The summed E-state index contributed by atoms with van der Waals surface area (Å²) in [5.41, 5.74) is 1.23. The number of hydrogen-bond acceptors (Lipinski definition) is 6. The van der Waals surface area contributed by atoms with Crippen LogP contribution >= 0.6 is 23.5 Å². The molecule has 0 saturated carbocycles. The van der Waals surface area contributed by atoms with E-state index in [9.17, 15) is 4.79 Å². The first-order chi connectivity index (χ1) is 15.7. The van der Waals surface area contributed by atoms with E-state index in [4.69, 9.17) is 4.74 Å². The number of rotatable bonds is 8. The van der Waals surface area contributed by atoms with E-state index in [1.165, 1.54) is 10.5 Å². The quantitative estimate of drug-likeness (QED) is 0.426. The first-order valence-corrected chi connectivity index (χ1v) is 12.8. The molecule has 32 heavy (non-hydrogen) atoms. The van der Waals surface area contributed by atoms with Crippen LogP contribution in [0.5, 0.6) is 5.75 Å². The number of imidazole rings is 1. The highest BCUT2D eigenvalue weighted by molar-refractivity contribution is 7.99. The van der Waals surface area contributed by atoms with Crippen LogP contribution in [0.1, 0.15) is 18.4 Å². The second-order valence-electron chi connectivity index (χ2n) is 7.86. The topological polar surface area (TPSA) is 60.2 Å². The van der Waals surface area contributed by atoms with Crippen molar-refractivity contribution in [2.24, 2.45) is 13.0 Å². The van der Waals surface area contributed by atoms with E-state index in [2.05, 4.69) is 9.97 Å². The molecule has 1 aromatic carbocycles. The molecule has 2 aromatic heterocycles. The van der Waals surface area contributed by atoms with Crippen molar-refractivity contribution in [1.82, 2.24) is 19.4 Å². The van der Waals surface area contributed by atoms with Gasteiger partial charge in [0.1, 0.15) is 5.75 Å². The predicted octanol–water partition coefficient (Wildman–Crippen LogP) is 5.15. The molecule has 168 valence electrons. The Morgan fingerprint density at radius 2 is 1.81 bits per heavy atom. The van der Waals surface area contributed by atoms with E-state index in [1.807, 2.05) is 89.5 Å². The lowest BCUT2D eigenvalue weighted by Crippen LogP contribution is -2.40. The fourth-order valence-electron chi connectivity index (χ4n) is 3.58. The minimum Gasteiger partial charge on any atom is -0.410 e. The molecule has 1 aliphatic rings. The maximum absolute atomic E-state index is 12.6. The average molecular weight is 469 g/mol. The molecule has 0 N–H and O–H groups in total. The molecule has 0 radical (unpaired) electrons. The summed E-state index contributed by atoms with van der Waals surface area (Å²) < 4.78 is 7.65. The Morgan fingerprint density at radius 3 is 2.50 bits per heavy atom. The van der Waals surface area contributed by atoms with Gasteiger partial charge < -0.3 is 14.2 Å². The summed E-state index contributed by atoms with van der Waals surface area (Å²) in [7, 11) is 2.02. The fraction of sp³-hybridized carbons (Fsp3) is 0.375. The molecule has 0 aliphatic carbocycles. The summed E-state index contributed by atoms with van der Waals surface area (Å²) in [6, 6.07) is 11.9. The van der Waals surface area contributed by atoms with Gasteiger partial charge in [0.15, 0.2) is 5.16 Å². The third-order valence-electron chi connectivity index (χ3n) is 5.54. The average Bonchev–Trinajstić information content (AvgIpc) is 3.24. The summed E-state index contributed by atoms with van der Waals surface area (Å²) in [4.78, 5) is 24.0. The van der Waals surface area contributed by atoms with Crippen molar-refractivity contribution < 1.29 is 9.53 Å². The third-order valence-corrected chi connectivity index (χ3v) is 7.84. The van der Waals surface area contributed by atoms with Crippen LogP contribution in [0.4, 0.5) is 4.79 Å². The van der Waals surface area contributed by atoms with Crippen molar-refractivity contribution >= 4 is 29.6 Å². The van der Waals surface area contributed by atoms with Crippen LogP contribution in [0.2, 0.25) is 0 Å². The number of amides is 1. The highest BCUT2D eigenvalue weighted by atomic mass is 32.2. The van der Waals surface area contributed by atoms with Crippen LogP contribution in [0.3, 0.4) is 0 Å². The third kappa shape index (κ3) is 6.53. The van der Waals surface area contributed by atoms with E-state index in [0.717, 1.165) is 49.0 Å². The number of thioether (sulfide) groups is 2. The molecule has 1 aliphatic heterocycles. The number of aryl methyl sites for hydroxylation is 2. The van der Waals surface area contributed by atoms with Gasteiger partial charge in [-0.25, -0.2) is 9.78 Å². The van der Waals surface area contributed by atoms with E-state index >= 15 is 0 Å². The van der Waals surface area contributed by atoms with Crippen LogP contribution in [0.15, 0.2) is 71.2 Å². The number of carbonyl (C=O) groups excluding carboxylic acids is 1. The minimum absolute atomic E-state index is 0.249. The van der Waals surface area contributed by atoms with E-state index in [1.54, 1.807) is 11.8 Å². The molecular weight excluding hydrogens is 440 g/mol. The zero-order valence-electron chi connectivity index (χ0n) is 18.2. The Bertz CT molecular complexity index is 987. The molecule has 1 saturated heterocycles. The zero-order chi connectivity index (χ0) is 22.2. The number of nitrogens with zero attached hydrogens (tertiary/aromatic N) is 4. The Balaban J connectivity index is 1.17. The largest absolute Gasteiger partial charge is 0.415 e. The number of likely N-dealkylation sites (tertiary alicyclic amines) is 1. The number of pyridine rings is 1. The van der Waals surface area contributed by atoms with Gasteiger partial charge in [-0.15, -0.1) is 11.8 Å². The number of piperidine rings is 1. The highest BCUT2D eigenvalue weighted by Gasteiger charge is 2.24. The lowest BCUT2D eigenvalue weighted by molar-refractivity contribution is 0.134. The number of hydrogen-bond donors (Lipinski definition) is 0. The molecule has 8 heteroatoms. The lowest BCUT2D eigenvalue weighted by Gasteiger charge is -2.31. The van der Waals surface area contributed by atoms with Crippen molar-refractivity contribution in [2.75, 3.05) is 24.6 Å². The Hall–Kier alpha value is -2.45. The van der Waals surface area contributed by atoms with Crippen LogP contribution in [-0.4, -0.2) is 50.1 Å². The number of benzene rings is 1. The van der Waals surface area contributed by atoms with Crippen molar-refractivity contribution in [3.8, 4) is 5.75 Å². The molecule has 1 amide bonds. The van der Waals surface area contributed by atoms with Crippen molar-refractivity contribution in [1.29, 1.82) is 0 Å². The van der Waals surface area contributed by atoms with Gasteiger partial charge >= 0.3 is 6.09 Å². The predicted molar refractivity (Wildman–Crippen MR) is 129 cm³/mol. The van der Waals surface area contributed by atoms with E-state index in [-0.39, 0.29) is 6.09 Å². The van der Waals surface area contributed by atoms with Gasteiger partial charge in [0, 0.05) is 61.3 Å². The molecule has 6 nitrogen and oxygen atoms in total. The summed E-state index contributed by atoms with van der Waals surface area (Å²) in [6.45, 7) is 1.49. The molecule has 3 aromatic rings. The normalized spacial score (nSPS) is 14.5. The first-order valence-electron chi connectivity index (χ1n) is 10.9. The molecule has 0 unspecified atom stereocenters. The van der Waals surface area contributed by atoms with Gasteiger partial charge in [-0.3, -0.25) is 4.98 Å². The maximum atomic E-state index is 12.6. The van der Waals surface area contributed by atoms with Gasteiger partial charge in [-0.2, -0.15) is 0 Å². The van der Waals surface area contributed by atoms with Gasteiger partial charge in [0.05, 0.1) is 0 Å². The van der Waals surface area contributed by atoms with Crippen LogP contribution in [-0.2, 0) is 13.5 Å². The standard InChI is InChI=1S/C24H28N4O2S2/c1-27-16-13-26-23(27)32-18-20-8-14-28(15-9-20)24(29)30-21-4-2-19(3-5-21)10-17-31-22-6-11-25-12-7-22/h2-7,11-13,16,20H,8-10,14-15,17-18H2,1H3. The van der Waals surface area contributed by atoms with Gasteiger partial charge in [0.25, 0.3) is 0 Å². The van der Waals surface area contributed by atoms with Gasteiger partial charge in [0.2, 0.25) is 0 Å². The second kappa shape index (κ2) is 11.4. The smallest absolute Gasteiger partial charge is 0.410 e. The summed E-state index contributed by atoms with van der Waals surface area (Å²) in [5.74, 6) is 3.24. The van der Waals surface area contributed by atoms with Crippen LogP contribution < -0.4 is 4.74 Å². The van der Waals surface area contributed by atoms with Gasteiger partial charge in [-0.05, 0) is 55.0 Å². The molecule has 0 spiro atoms. The highest BCUT2D eigenvalue weighted by Crippen LogP contribution is 2.26. The van der Waals surface area contributed by atoms with E-state index in [0.29, 0.717) is 11.7 Å². The molecule has 4 rings (SSSR count). The maximum Gasteiger partial charge on any atom is 0.415 e.